The number of nitrogens with one attached hydrogen (secondary N) is 2. The third kappa shape index (κ3) is 4.96. The average molecular weight is 497 g/mol. The molecule has 0 atom stereocenters. The quantitative estimate of drug-likeness (QED) is 0.291. The molecule has 14 heteroatoms. The number of nitrogens with zero attached hydrogens (tertiary/aromatic N) is 5. The lowest BCUT2D eigenvalue weighted by atomic mass is 10.1. The summed E-state index contributed by atoms with van der Waals surface area (Å²) in [7, 11) is -4.25. The van der Waals surface area contributed by atoms with E-state index < -0.39 is 32.4 Å². The van der Waals surface area contributed by atoms with Crippen molar-refractivity contribution in [2.24, 2.45) is 0 Å². The van der Waals surface area contributed by atoms with E-state index in [0.717, 1.165) is 22.9 Å². The predicted octanol–water partition coefficient (Wildman–Crippen LogP) is 3.07. The van der Waals surface area contributed by atoms with E-state index in [0.29, 0.717) is 5.82 Å². The van der Waals surface area contributed by atoms with Crippen molar-refractivity contribution in [2.45, 2.75) is 11.8 Å². The summed E-state index contributed by atoms with van der Waals surface area (Å²) in [6.45, 7) is 1.58. The molecule has 0 aliphatic heterocycles. The van der Waals surface area contributed by atoms with E-state index in [4.69, 9.17) is 0 Å². The van der Waals surface area contributed by atoms with Crippen LogP contribution in [0.25, 0.3) is 5.69 Å². The number of hydrogen-bond acceptors (Lipinski definition) is 8. The maximum Gasteiger partial charge on any atom is 0.270 e. The van der Waals surface area contributed by atoms with Gasteiger partial charge >= 0.3 is 0 Å². The van der Waals surface area contributed by atoms with Crippen molar-refractivity contribution in [3.8, 4) is 5.69 Å². The van der Waals surface area contributed by atoms with Gasteiger partial charge in [0.25, 0.3) is 21.6 Å². The van der Waals surface area contributed by atoms with Crippen LogP contribution < -0.4 is 10.0 Å². The topological polar surface area (TPSA) is 162 Å². The Bertz CT molecular complexity index is 1560. The summed E-state index contributed by atoms with van der Waals surface area (Å²) in [5, 5.41) is 24.5. The number of anilines is 2. The third-order valence-corrected chi connectivity index (χ3v) is 6.18. The summed E-state index contributed by atoms with van der Waals surface area (Å²) < 4.78 is 43.4. The van der Waals surface area contributed by atoms with E-state index in [1.165, 1.54) is 48.5 Å². The number of benzene rings is 3. The van der Waals surface area contributed by atoms with Gasteiger partial charge < -0.3 is 5.32 Å². The second kappa shape index (κ2) is 9.26. The standard InChI is InChI=1S/C21H16FN7O5S/c1-13-24-26-27-28(13)20-11-14(9-10-18(20)22)23-21(30)17-7-2-3-8-19(17)25-35(33,34)16-6-4-5-15(12-16)29(31)32/h2-12,25H,1H3,(H,23,30). The zero-order chi connectivity index (χ0) is 25.2. The zero-order valence-electron chi connectivity index (χ0n) is 17.9. The zero-order valence-corrected chi connectivity index (χ0v) is 18.7. The van der Waals surface area contributed by atoms with Crippen LogP contribution in [0.4, 0.5) is 21.5 Å². The number of amides is 1. The summed E-state index contributed by atoms with van der Waals surface area (Å²) in [5.41, 5.74) is -0.285. The van der Waals surface area contributed by atoms with Gasteiger partial charge in [0.2, 0.25) is 0 Å². The predicted molar refractivity (Wildman–Crippen MR) is 122 cm³/mol. The number of sulfonamides is 1. The van der Waals surface area contributed by atoms with Gasteiger partial charge in [-0.25, -0.2) is 12.8 Å². The van der Waals surface area contributed by atoms with E-state index in [2.05, 4.69) is 25.6 Å². The number of aromatic nitrogens is 4. The Hall–Kier alpha value is -4.72. The molecular formula is C21H16FN7O5S. The van der Waals surface area contributed by atoms with Crippen molar-refractivity contribution in [1.29, 1.82) is 0 Å². The SMILES string of the molecule is Cc1nnnn1-c1cc(NC(=O)c2ccccc2NS(=O)(=O)c2cccc([N+](=O)[O-])c2)ccc1F. The summed E-state index contributed by atoms with van der Waals surface area (Å²) in [4.78, 5) is 22.9. The normalized spacial score (nSPS) is 11.1. The van der Waals surface area contributed by atoms with Crippen LogP contribution in [0.15, 0.2) is 71.6 Å². The molecule has 0 spiro atoms. The van der Waals surface area contributed by atoms with Gasteiger partial charge in [-0.3, -0.25) is 19.6 Å². The number of nitro groups is 1. The molecule has 1 heterocycles. The minimum absolute atomic E-state index is 0.00459. The van der Waals surface area contributed by atoms with Gasteiger partial charge in [0, 0.05) is 17.8 Å². The molecule has 0 aliphatic rings. The Morgan fingerprint density at radius 2 is 1.86 bits per heavy atom. The van der Waals surface area contributed by atoms with Crippen LogP contribution in [0.2, 0.25) is 0 Å². The maximum atomic E-state index is 14.3. The smallest absolute Gasteiger partial charge is 0.270 e. The average Bonchev–Trinajstić information content (AvgIpc) is 3.26. The lowest BCUT2D eigenvalue weighted by Gasteiger charge is -2.13. The number of carbonyl (C=O) groups is 1. The number of rotatable bonds is 7. The monoisotopic (exact) mass is 497 g/mol. The second-order valence-electron chi connectivity index (χ2n) is 7.16. The Balaban J connectivity index is 1.61. The molecule has 2 N–H and O–H groups in total. The van der Waals surface area contributed by atoms with Gasteiger partial charge in [-0.2, -0.15) is 4.68 Å². The molecule has 35 heavy (non-hydrogen) atoms. The van der Waals surface area contributed by atoms with Crippen LogP contribution >= 0.6 is 0 Å². The molecule has 0 bridgehead atoms. The highest BCUT2D eigenvalue weighted by Gasteiger charge is 2.21. The van der Waals surface area contributed by atoms with Gasteiger partial charge in [-0.15, -0.1) is 5.10 Å². The Morgan fingerprint density at radius 3 is 2.57 bits per heavy atom. The van der Waals surface area contributed by atoms with Gasteiger partial charge in [-0.05, 0) is 53.7 Å². The molecule has 178 valence electrons. The number of hydrogen-bond donors (Lipinski definition) is 2. The van der Waals surface area contributed by atoms with Crippen LogP contribution in [-0.4, -0.2) is 39.5 Å². The molecule has 0 unspecified atom stereocenters. The lowest BCUT2D eigenvalue weighted by Crippen LogP contribution is -2.19. The summed E-state index contributed by atoms with van der Waals surface area (Å²) in [6, 6.07) is 14.1. The number of carbonyl (C=O) groups excluding carboxylic acids is 1. The number of non-ortho nitro benzene ring substituents is 1. The Labute approximate surface area is 197 Å². The largest absolute Gasteiger partial charge is 0.322 e. The van der Waals surface area contributed by atoms with Crippen LogP contribution in [0.3, 0.4) is 0 Å². The fourth-order valence-corrected chi connectivity index (χ4v) is 4.26. The summed E-state index contributed by atoms with van der Waals surface area (Å²) >= 11 is 0. The van der Waals surface area contributed by atoms with E-state index in [1.54, 1.807) is 6.92 Å². The fraction of sp³-hybridized carbons (Fsp3) is 0.0476. The van der Waals surface area contributed by atoms with Gasteiger partial charge in [0.15, 0.2) is 5.82 Å². The van der Waals surface area contributed by atoms with Crippen molar-refractivity contribution in [2.75, 3.05) is 10.0 Å². The molecular weight excluding hydrogens is 481 g/mol. The minimum atomic E-state index is -4.25. The first-order chi connectivity index (χ1) is 16.7. The molecule has 4 rings (SSSR count). The van der Waals surface area contributed by atoms with Crippen LogP contribution in [0, 0.1) is 22.9 Å². The first kappa shape index (κ1) is 23.4. The van der Waals surface area contributed by atoms with E-state index >= 15 is 0 Å². The second-order valence-corrected chi connectivity index (χ2v) is 8.85. The highest BCUT2D eigenvalue weighted by Crippen LogP contribution is 2.25. The van der Waals surface area contributed by atoms with Crippen molar-refractivity contribution in [3.63, 3.8) is 0 Å². The molecule has 0 saturated heterocycles. The number of halogens is 1. The molecule has 1 aromatic heterocycles. The van der Waals surface area contributed by atoms with Crippen LogP contribution in [0.5, 0.6) is 0 Å². The maximum absolute atomic E-state index is 14.3. The number of nitro benzene ring substituents is 1. The van der Waals surface area contributed by atoms with E-state index in [9.17, 15) is 27.7 Å². The summed E-state index contributed by atoms with van der Waals surface area (Å²) in [5.74, 6) is -0.981. The minimum Gasteiger partial charge on any atom is -0.322 e. The van der Waals surface area contributed by atoms with Crippen molar-refractivity contribution in [1.82, 2.24) is 20.2 Å². The Morgan fingerprint density at radius 1 is 1.09 bits per heavy atom. The van der Waals surface area contributed by atoms with E-state index in [-0.39, 0.29) is 27.5 Å². The first-order valence-corrected chi connectivity index (χ1v) is 11.4. The number of tetrazole rings is 1. The molecule has 1 amide bonds. The molecule has 12 nitrogen and oxygen atoms in total. The first-order valence-electron chi connectivity index (χ1n) is 9.88. The highest BCUT2D eigenvalue weighted by molar-refractivity contribution is 7.92. The highest BCUT2D eigenvalue weighted by atomic mass is 32.2. The molecule has 3 aromatic carbocycles. The molecule has 0 fully saturated rings. The molecule has 4 aromatic rings. The van der Waals surface area contributed by atoms with E-state index in [1.807, 2.05) is 0 Å². The number of aryl methyl sites for hydroxylation is 1. The van der Waals surface area contributed by atoms with Crippen molar-refractivity contribution >= 4 is 33.0 Å². The molecule has 0 saturated carbocycles. The van der Waals surface area contributed by atoms with Crippen molar-refractivity contribution in [3.05, 3.63) is 94.0 Å². The van der Waals surface area contributed by atoms with Crippen LogP contribution in [-0.2, 0) is 10.0 Å². The van der Waals surface area contributed by atoms with Gasteiger partial charge in [0.1, 0.15) is 11.5 Å². The lowest BCUT2D eigenvalue weighted by molar-refractivity contribution is -0.385. The Kier molecular flexibility index (Phi) is 6.20. The fourth-order valence-electron chi connectivity index (χ4n) is 3.14. The third-order valence-electron chi connectivity index (χ3n) is 4.81. The van der Waals surface area contributed by atoms with Crippen molar-refractivity contribution < 1.29 is 22.5 Å². The molecule has 0 aliphatic carbocycles. The molecule has 0 radical (unpaired) electrons. The number of para-hydroxylation sites is 1. The summed E-state index contributed by atoms with van der Waals surface area (Å²) in [6.07, 6.45) is 0. The van der Waals surface area contributed by atoms with Crippen LogP contribution in [0.1, 0.15) is 16.2 Å². The van der Waals surface area contributed by atoms with Gasteiger partial charge in [0.05, 0.1) is 21.1 Å². The van der Waals surface area contributed by atoms with Gasteiger partial charge in [-0.1, -0.05) is 18.2 Å².